The van der Waals surface area contributed by atoms with Crippen LogP contribution in [0.4, 0.5) is 0 Å². The van der Waals surface area contributed by atoms with Gasteiger partial charge in [-0.3, -0.25) is 9.80 Å². The maximum Gasteiger partial charge on any atom is 0.0195 e. The predicted molar refractivity (Wildman–Crippen MR) is 77.8 cm³/mol. The summed E-state index contributed by atoms with van der Waals surface area (Å²) < 4.78 is 0. The number of alkyl halides is 1. The van der Waals surface area contributed by atoms with Crippen LogP contribution in [0.2, 0.25) is 0 Å². The molecule has 2 nitrogen and oxygen atoms in total. The molecule has 2 rings (SSSR count). The molecule has 2 unspecified atom stereocenters. The van der Waals surface area contributed by atoms with Crippen molar-refractivity contribution in [2.45, 2.75) is 51.6 Å². The molecule has 3 heteroatoms. The fraction of sp³-hybridized carbons (Fsp3) is 1.00. The summed E-state index contributed by atoms with van der Waals surface area (Å²) in [4.78, 5) is 5.23. The average molecular weight is 303 g/mol. The van der Waals surface area contributed by atoms with E-state index in [1.54, 1.807) is 0 Å². The van der Waals surface area contributed by atoms with Crippen molar-refractivity contribution in [2.24, 2.45) is 5.41 Å². The second-order valence-corrected chi connectivity index (χ2v) is 6.96. The van der Waals surface area contributed by atoms with Crippen molar-refractivity contribution in [3.63, 3.8) is 0 Å². The summed E-state index contributed by atoms with van der Waals surface area (Å²) in [5.41, 5.74) is 0.579. The van der Waals surface area contributed by atoms with Crippen LogP contribution in [0.25, 0.3) is 0 Å². The van der Waals surface area contributed by atoms with Crippen molar-refractivity contribution >= 4 is 15.9 Å². The monoisotopic (exact) mass is 302 g/mol. The largest absolute Gasteiger partial charge is 0.300 e. The highest BCUT2D eigenvalue weighted by molar-refractivity contribution is 9.09. The molecule has 0 spiro atoms. The van der Waals surface area contributed by atoms with Crippen LogP contribution in [0.5, 0.6) is 0 Å². The lowest BCUT2D eigenvalue weighted by molar-refractivity contribution is 0.0372. The molecule has 0 aromatic heterocycles. The minimum atomic E-state index is 0.579. The van der Waals surface area contributed by atoms with E-state index in [-0.39, 0.29) is 0 Å². The number of hydrogen-bond acceptors (Lipinski definition) is 2. The number of piperazine rings is 1. The van der Waals surface area contributed by atoms with Crippen molar-refractivity contribution in [3.8, 4) is 0 Å². The average Bonchev–Trinajstić information content (AvgIpc) is 2.75. The molecule has 1 saturated carbocycles. The second kappa shape index (κ2) is 5.58. The second-order valence-electron chi connectivity index (χ2n) is 6.40. The van der Waals surface area contributed by atoms with E-state index in [1.165, 1.54) is 50.6 Å². The lowest BCUT2D eigenvalue weighted by atomic mass is 9.87. The summed E-state index contributed by atoms with van der Waals surface area (Å²) in [5, 5.41) is 1.19. The van der Waals surface area contributed by atoms with Gasteiger partial charge in [0.15, 0.2) is 0 Å². The van der Waals surface area contributed by atoms with Crippen LogP contribution in [-0.4, -0.2) is 53.9 Å². The highest BCUT2D eigenvalue weighted by atomic mass is 79.9. The number of halogens is 1. The zero-order valence-electron chi connectivity index (χ0n) is 11.6. The van der Waals surface area contributed by atoms with Crippen molar-refractivity contribution in [1.82, 2.24) is 9.80 Å². The minimum Gasteiger partial charge on any atom is -0.300 e. The van der Waals surface area contributed by atoms with E-state index in [2.05, 4.69) is 46.6 Å². The summed E-state index contributed by atoms with van der Waals surface area (Å²) in [6.45, 7) is 8.52. The highest BCUT2D eigenvalue weighted by Crippen LogP contribution is 2.40. The van der Waals surface area contributed by atoms with E-state index in [4.69, 9.17) is 0 Å². The Morgan fingerprint density at radius 3 is 2.12 bits per heavy atom. The summed E-state index contributed by atoms with van der Waals surface area (Å²) in [6.07, 6.45) is 5.72. The first-order valence-corrected chi connectivity index (χ1v) is 8.19. The van der Waals surface area contributed by atoms with Crippen LogP contribution in [0.1, 0.15) is 39.5 Å². The van der Waals surface area contributed by atoms with Crippen LogP contribution in [0, 0.1) is 5.41 Å². The summed E-state index contributed by atoms with van der Waals surface area (Å²) in [6, 6.07) is 1.40. The summed E-state index contributed by atoms with van der Waals surface area (Å²) >= 11 is 3.77. The van der Waals surface area contributed by atoms with Crippen LogP contribution in [0.3, 0.4) is 0 Å². The first kappa shape index (κ1) is 13.8. The maximum atomic E-state index is 3.77. The topological polar surface area (TPSA) is 6.48 Å². The molecule has 2 atom stereocenters. The van der Waals surface area contributed by atoms with Gasteiger partial charge in [-0.05, 0) is 39.2 Å². The van der Waals surface area contributed by atoms with Gasteiger partial charge in [-0.25, -0.2) is 0 Å². The van der Waals surface area contributed by atoms with Gasteiger partial charge in [0.25, 0.3) is 0 Å². The van der Waals surface area contributed by atoms with Crippen LogP contribution >= 0.6 is 15.9 Å². The van der Waals surface area contributed by atoms with Gasteiger partial charge in [0.1, 0.15) is 0 Å². The van der Waals surface area contributed by atoms with Crippen molar-refractivity contribution in [2.75, 3.05) is 32.0 Å². The normalized spacial score (nSPS) is 35.3. The molecule has 0 N–H and O–H groups in total. The Labute approximate surface area is 115 Å². The minimum absolute atomic E-state index is 0.579. The zero-order chi connectivity index (χ0) is 12.5. The van der Waals surface area contributed by atoms with E-state index in [1.807, 2.05) is 0 Å². The molecule has 17 heavy (non-hydrogen) atoms. The molecule has 2 aliphatic rings. The third-order valence-electron chi connectivity index (χ3n) is 4.94. The third-order valence-corrected chi connectivity index (χ3v) is 6.13. The first-order chi connectivity index (χ1) is 8.06. The molecule has 1 aliphatic carbocycles. The Morgan fingerprint density at radius 1 is 1.12 bits per heavy atom. The van der Waals surface area contributed by atoms with Crippen molar-refractivity contribution < 1.29 is 0 Å². The quantitative estimate of drug-likeness (QED) is 0.740. The van der Waals surface area contributed by atoms with Gasteiger partial charge in [-0.15, -0.1) is 0 Å². The molecular weight excluding hydrogens is 276 g/mol. The van der Waals surface area contributed by atoms with Gasteiger partial charge in [0.05, 0.1) is 0 Å². The van der Waals surface area contributed by atoms with Gasteiger partial charge in [-0.1, -0.05) is 28.8 Å². The van der Waals surface area contributed by atoms with Crippen molar-refractivity contribution in [1.29, 1.82) is 0 Å². The number of nitrogens with zero attached hydrogens (tertiary/aromatic N) is 2. The Hall–Kier alpha value is 0.400. The molecule has 0 amide bonds. The number of hydrogen-bond donors (Lipinski definition) is 0. The van der Waals surface area contributed by atoms with E-state index in [0.29, 0.717) is 17.5 Å². The van der Waals surface area contributed by atoms with E-state index >= 15 is 0 Å². The molecule has 0 aromatic rings. The Kier molecular flexibility index (Phi) is 4.54. The molecule has 1 saturated heterocycles. The predicted octanol–water partition coefficient (Wildman–Crippen LogP) is 2.97. The SMILES string of the molecule is CC1CN(CC2(CBr)CCCC2)CC(C)N1C. The van der Waals surface area contributed by atoms with Gasteiger partial charge < -0.3 is 0 Å². The van der Waals surface area contributed by atoms with Crippen LogP contribution in [-0.2, 0) is 0 Å². The lowest BCUT2D eigenvalue weighted by Gasteiger charge is -2.45. The number of rotatable bonds is 3. The van der Waals surface area contributed by atoms with E-state index in [9.17, 15) is 0 Å². The van der Waals surface area contributed by atoms with Crippen molar-refractivity contribution in [3.05, 3.63) is 0 Å². The fourth-order valence-electron chi connectivity index (χ4n) is 3.58. The van der Waals surface area contributed by atoms with E-state index < -0.39 is 0 Å². The molecular formula is C14H27BrN2. The highest BCUT2D eigenvalue weighted by Gasteiger charge is 2.37. The molecule has 1 aliphatic heterocycles. The summed E-state index contributed by atoms with van der Waals surface area (Å²) in [7, 11) is 2.27. The van der Waals surface area contributed by atoms with Gasteiger partial charge in [0, 0.05) is 37.0 Å². The molecule has 2 fully saturated rings. The molecule has 100 valence electrons. The molecule has 0 aromatic carbocycles. The lowest BCUT2D eigenvalue weighted by Crippen LogP contribution is -2.56. The van der Waals surface area contributed by atoms with E-state index in [0.717, 1.165) is 0 Å². The molecule has 0 radical (unpaired) electrons. The third kappa shape index (κ3) is 3.05. The summed E-state index contributed by atoms with van der Waals surface area (Å²) in [5.74, 6) is 0. The van der Waals surface area contributed by atoms with Gasteiger partial charge >= 0.3 is 0 Å². The standard InChI is InChI=1S/C14H27BrN2/c1-12-8-17(9-13(2)16(12)3)11-14(10-15)6-4-5-7-14/h12-13H,4-11H2,1-3H3. The smallest absolute Gasteiger partial charge is 0.0195 e. The van der Waals surface area contributed by atoms with Gasteiger partial charge in [0.2, 0.25) is 0 Å². The Morgan fingerprint density at radius 2 is 1.65 bits per heavy atom. The fourth-order valence-corrected chi connectivity index (χ4v) is 4.31. The Bertz CT molecular complexity index is 239. The maximum absolute atomic E-state index is 3.77. The van der Waals surface area contributed by atoms with Crippen LogP contribution < -0.4 is 0 Å². The first-order valence-electron chi connectivity index (χ1n) is 7.06. The zero-order valence-corrected chi connectivity index (χ0v) is 13.2. The Balaban J connectivity index is 1.94. The molecule has 0 bridgehead atoms. The van der Waals surface area contributed by atoms with Gasteiger partial charge in [-0.2, -0.15) is 0 Å². The number of likely N-dealkylation sites (N-methyl/N-ethyl adjacent to an activating group) is 1. The molecule has 1 heterocycles. The van der Waals surface area contributed by atoms with Crippen LogP contribution in [0.15, 0.2) is 0 Å².